The molecule has 0 heterocycles. The van der Waals surface area contributed by atoms with Crippen molar-refractivity contribution >= 4 is 5.97 Å². The van der Waals surface area contributed by atoms with Crippen molar-refractivity contribution in [1.82, 2.24) is 0 Å². The summed E-state index contributed by atoms with van der Waals surface area (Å²) in [6.07, 6.45) is 4.45. The van der Waals surface area contributed by atoms with Gasteiger partial charge in [-0.05, 0) is 37.5 Å². The lowest BCUT2D eigenvalue weighted by Gasteiger charge is -2.45. The molecule has 0 aromatic heterocycles. The highest BCUT2D eigenvalue weighted by Gasteiger charge is 2.45. The zero-order valence-electron chi connectivity index (χ0n) is 7.07. The molecule has 0 aromatic carbocycles. The van der Waals surface area contributed by atoms with Gasteiger partial charge in [-0.15, -0.1) is 0 Å². The molecule has 3 aliphatic carbocycles. The van der Waals surface area contributed by atoms with Crippen LogP contribution in [0.4, 0.5) is 0 Å². The first-order valence-electron chi connectivity index (χ1n) is 4.68. The van der Waals surface area contributed by atoms with E-state index in [1.54, 1.807) is 0 Å². The minimum atomic E-state index is -0.683. The van der Waals surface area contributed by atoms with Crippen LogP contribution in [0.3, 0.4) is 0 Å². The Balaban J connectivity index is 2.18. The maximum absolute atomic E-state index is 10.9. The van der Waals surface area contributed by atoms with Gasteiger partial charge in [-0.2, -0.15) is 0 Å². The number of carboxylic acids is 1. The molecule has 1 unspecified atom stereocenters. The van der Waals surface area contributed by atoms with E-state index in [4.69, 9.17) is 10.8 Å². The summed E-state index contributed by atoms with van der Waals surface area (Å²) in [5.74, 6) is -0.0898. The number of carbonyl (C=O) groups is 1. The lowest BCUT2D eigenvalue weighted by Crippen LogP contribution is -2.52. The third-order valence-corrected chi connectivity index (χ3v) is 3.57. The van der Waals surface area contributed by atoms with Crippen molar-refractivity contribution in [2.45, 2.75) is 31.7 Å². The van der Waals surface area contributed by atoms with Gasteiger partial charge >= 0.3 is 5.97 Å². The topological polar surface area (TPSA) is 63.3 Å². The minimum absolute atomic E-state index is 0.0741. The van der Waals surface area contributed by atoms with Crippen molar-refractivity contribution in [3.63, 3.8) is 0 Å². The fraction of sp³-hybridized carbons (Fsp3) is 0.889. The second-order valence-electron chi connectivity index (χ2n) is 4.12. The van der Waals surface area contributed by atoms with Gasteiger partial charge in [0.15, 0.2) is 0 Å². The molecule has 0 amide bonds. The molecule has 0 aliphatic heterocycles. The standard InChI is InChI=1S/C9H15NO2/c10-8-6-3-1-5(2-4-6)7(8)9(11)12/h5-8H,1-4,10H2,(H,11,12)/t5-,6+,7-,8?/m0/s1. The summed E-state index contributed by atoms with van der Waals surface area (Å²) in [5, 5.41) is 8.95. The normalized spacial score (nSPS) is 46.1. The van der Waals surface area contributed by atoms with Crippen LogP contribution in [0.2, 0.25) is 0 Å². The van der Waals surface area contributed by atoms with Crippen molar-refractivity contribution in [3.8, 4) is 0 Å². The molecule has 3 nitrogen and oxygen atoms in total. The second kappa shape index (κ2) is 2.73. The number of carboxylic acid groups (broad SMARTS) is 1. The van der Waals surface area contributed by atoms with Gasteiger partial charge in [0.25, 0.3) is 0 Å². The highest BCUT2D eigenvalue weighted by Crippen LogP contribution is 2.44. The lowest BCUT2D eigenvalue weighted by molar-refractivity contribution is -0.148. The molecule has 2 atom stereocenters. The number of rotatable bonds is 1. The predicted molar refractivity (Wildman–Crippen MR) is 44.5 cm³/mol. The van der Waals surface area contributed by atoms with Crippen LogP contribution < -0.4 is 5.73 Å². The first-order valence-corrected chi connectivity index (χ1v) is 4.68. The van der Waals surface area contributed by atoms with Crippen LogP contribution in [0.15, 0.2) is 0 Å². The van der Waals surface area contributed by atoms with Gasteiger partial charge < -0.3 is 10.8 Å². The maximum atomic E-state index is 10.9. The van der Waals surface area contributed by atoms with Crippen LogP contribution in [0, 0.1) is 17.8 Å². The Morgan fingerprint density at radius 1 is 1.17 bits per heavy atom. The van der Waals surface area contributed by atoms with E-state index in [1.807, 2.05) is 0 Å². The van der Waals surface area contributed by atoms with E-state index in [1.165, 1.54) is 0 Å². The molecule has 3 N–H and O–H groups in total. The van der Waals surface area contributed by atoms with Crippen LogP contribution in [-0.4, -0.2) is 17.1 Å². The largest absolute Gasteiger partial charge is 0.481 e. The predicted octanol–water partition coefficient (Wildman–Crippen LogP) is 0.834. The van der Waals surface area contributed by atoms with Gasteiger partial charge in [0.05, 0.1) is 5.92 Å². The van der Waals surface area contributed by atoms with Gasteiger partial charge in [0.1, 0.15) is 0 Å². The average molecular weight is 169 g/mol. The van der Waals surface area contributed by atoms with Gasteiger partial charge in [0, 0.05) is 6.04 Å². The Morgan fingerprint density at radius 2 is 1.67 bits per heavy atom. The molecule has 68 valence electrons. The van der Waals surface area contributed by atoms with E-state index in [9.17, 15) is 4.79 Å². The molecule has 3 heteroatoms. The lowest BCUT2D eigenvalue weighted by atomic mass is 9.62. The number of hydrogen-bond donors (Lipinski definition) is 2. The van der Waals surface area contributed by atoms with E-state index in [0.29, 0.717) is 11.8 Å². The molecule has 0 saturated heterocycles. The molecule has 3 aliphatic rings. The number of nitrogens with two attached hydrogens (primary N) is 1. The molecular formula is C9H15NO2. The Bertz CT molecular complexity index is 195. The Morgan fingerprint density at radius 3 is 2.00 bits per heavy atom. The summed E-state index contributed by atoms with van der Waals surface area (Å²) >= 11 is 0. The van der Waals surface area contributed by atoms with E-state index in [0.717, 1.165) is 25.7 Å². The second-order valence-corrected chi connectivity index (χ2v) is 4.12. The fourth-order valence-electron chi connectivity index (χ4n) is 2.86. The maximum Gasteiger partial charge on any atom is 0.308 e. The summed E-state index contributed by atoms with van der Waals surface area (Å²) < 4.78 is 0. The summed E-state index contributed by atoms with van der Waals surface area (Å²) in [4.78, 5) is 10.9. The van der Waals surface area contributed by atoms with E-state index < -0.39 is 5.97 Å². The van der Waals surface area contributed by atoms with Gasteiger partial charge in [-0.1, -0.05) is 0 Å². The van der Waals surface area contributed by atoms with Gasteiger partial charge in [0.2, 0.25) is 0 Å². The van der Waals surface area contributed by atoms with Crippen LogP contribution in [0.5, 0.6) is 0 Å². The van der Waals surface area contributed by atoms with Crippen LogP contribution in [0.25, 0.3) is 0 Å². The van der Waals surface area contributed by atoms with Crippen molar-refractivity contribution in [2.75, 3.05) is 0 Å². The van der Waals surface area contributed by atoms with E-state index in [-0.39, 0.29) is 12.0 Å². The Hall–Kier alpha value is -0.570. The molecule has 3 rings (SSSR count). The molecule has 3 fully saturated rings. The van der Waals surface area contributed by atoms with Crippen LogP contribution in [-0.2, 0) is 4.79 Å². The zero-order chi connectivity index (χ0) is 8.72. The number of aliphatic carboxylic acids is 1. The van der Waals surface area contributed by atoms with Gasteiger partial charge in [-0.3, -0.25) is 4.79 Å². The molecule has 0 spiro atoms. The highest BCUT2D eigenvalue weighted by molar-refractivity contribution is 5.71. The molecular weight excluding hydrogens is 154 g/mol. The summed E-state index contributed by atoms with van der Waals surface area (Å²) in [5.41, 5.74) is 5.88. The molecule has 3 saturated carbocycles. The number of fused-ring (bicyclic) bond motifs is 3. The van der Waals surface area contributed by atoms with Crippen molar-refractivity contribution in [1.29, 1.82) is 0 Å². The third kappa shape index (κ3) is 1.04. The fourth-order valence-corrected chi connectivity index (χ4v) is 2.86. The summed E-state index contributed by atoms with van der Waals surface area (Å²) in [6, 6.07) is -0.0741. The SMILES string of the molecule is NC1[C@H]2CC[C@H](CC2)[C@@H]1C(=O)O. The molecule has 2 bridgehead atoms. The zero-order valence-corrected chi connectivity index (χ0v) is 7.07. The third-order valence-electron chi connectivity index (χ3n) is 3.57. The smallest absolute Gasteiger partial charge is 0.308 e. The Kier molecular flexibility index (Phi) is 1.83. The average Bonchev–Trinajstić information content (AvgIpc) is 2.05. The highest BCUT2D eigenvalue weighted by atomic mass is 16.4. The van der Waals surface area contributed by atoms with E-state index in [2.05, 4.69) is 0 Å². The summed E-state index contributed by atoms with van der Waals surface area (Å²) in [6.45, 7) is 0. The van der Waals surface area contributed by atoms with Crippen LogP contribution >= 0.6 is 0 Å². The van der Waals surface area contributed by atoms with Crippen molar-refractivity contribution in [2.24, 2.45) is 23.5 Å². The van der Waals surface area contributed by atoms with Crippen LogP contribution in [0.1, 0.15) is 25.7 Å². The van der Waals surface area contributed by atoms with Crippen molar-refractivity contribution in [3.05, 3.63) is 0 Å². The Labute approximate surface area is 71.9 Å². The molecule has 0 aromatic rings. The van der Waals surface area contributed by atoms with Gasteiger partial charge in [-0.25, -0.2) is 0 Å². The molecule has 0 radical (unpaired) electrons. The first kappa shape index (κ1) is 8.05. The van der Waals surface area contributed by atoms with E-state index >= 15 is 0 Å². The summed E-state index contributed by atoms with van der Waals surface area (Å²) in [7, 11) is 0. The quantitative estimate of drug-likeness (QED) is 0.611. The molecule has 12 heavy (non-hydrogen) atoms. The number of hydrogen-bond acceptors (Lipinski definition) is 2. The minimum Gasteiger partial charge on any atom is -0.481 e. The first-order chi connectivity index (χ1) is 5.70. The monoisotopic (exact) mass is 169 g/mol. The van der Waals surface area contributed by atoms with Crippen molar-refractivity contribution < 1.29 is 9.90 Å².